The average Bonchev–Trinajstić information content (AvgIpc) is 2.39. The molecule has 1 aliphatic heterocycles. The van der Waals surface area contributed by atoms with Gasteiger partial charge >= 0.3 is 0 Å². The third kappa shape index (κ3) is 3.90. The number of hydrogen-bond acceptors (Lipinski definition) is 4. The van der Waals surface area contributed by atoms with E-state index in [0.717, 1.165) is 13.2 Å². The molecule has 2 heterocycles. The molecule has 1 fully saturated rings. The Hall–Kier alpha value is -1.25. The average molecular weight is 266 g/mol. The minimum Gasteiger partial charge on any atom is -0.381 e. The Labute approximate surface area is 112 Å². The normalized spacial score (nSPS) is 14.3. The number of nitrogens with one attached hydrogen (secondary N) is 1. The van der Waals surface area contributed by atoms with E-state index in [4.69, 9.17) is 10.00 Å². The summed E-state index contributed by atoms with van der Waals surface area (Å²) in [7, 11) is 0. The summed E-state index contributed by atoms with van der Waals surface area (Å²) in [5, 5.41) is 9.03. The zero-order valence-corrected chi connectivity index (χ0v) is 11.6. The largest absolute Gasteiger partial charge is 0.381 e. The lowest BCUT2D eigenvalue weighted by Crippen LogP contribution is -2.13. The number of hydrogen-bond donors (Lipinski definition) is 2. The second kappa shape index (κ2) is 7.24. The number of rotatable bonds is 0. The Kier molecular flexibility index (Phi) is 5.96. The summed E-state index contributed by atoms with van der Waals surface area (Å²) in [6, 6.07) is 1.99. The van der Waals surface area contributed by atoms with Crippen LogP contribution in [0.4, 0.5) is 0 Å². The molecule has 0 amide bonds. The predicted octanol–water partition coefficient (Wildman–Crippen LogP) is 2.34. The summed E-state index contributed by atoms with van der Waals surface area (Å²) in [6.45, 7) is 5.42. The molecular formula is C13H18N2O2S. The maximum absolute atomic E-state index is 11.1. The Balaban J connectivity index is 0.000000225. The van der Waals surface area contributed by atoms with E-state index in [1.54, 1.807) is 13.8 Å². The molecule has 0 unspecified atom stereocenters. The van der Waals surface area contributed by atoms with E-state index in [9.17, 15) is 4.79 Å². The van der Waals surface area contributed by atoms with E-state index < -0.39 is 0 Å². The van der Waals surface area contributed by atoms with Gasteiger partial charge in [-0.1, -0.05) is 0 Å². The standard InChI is InChI=1S/C8H8N2OS.C5H10O/c1-4-5(2)7(11)10-8(12)6(4)3-9;1-2-4-6-5-3-1/h1-2H3,(H2,10,11,12);1-5H2. The van der Waals surface area contributed by atoms with Crippen molar-refractivity contribution in [3.63, 3.8) is 0 Å². The van der Waals surface area contributed by atoms with Gasteiger partial charge in [-0.2, -0.15) is 5.26 Å². The van der Waals surface area contributed by atoms with Gasteiger partial charge < -0.3 is 9.72 Å². The van der Waals surface area contributed by atoms with Crippen molar-refractivity contribution in [1.82, 2.24) is 4.98 Å². The molecule has 1 N–H and O–H groups in total. The SMILES string of the molecule is C1CCOCC1.Cc1c(C#N)c(S)[nH]c(=O)c1C. The van der Waals surface area contributed by atoms with Crippen LogP contribution >= 0.6 is 12.6 Å². The molecule has 0 atom stereocenters. The monoisotopic (exact) mass is 266 g/mol. The van der Waals surface area contributed by atoms with Gasteiger partial charge in [0.25, 0.3) is 5.56 Å². The zero-order chi connectivity index (χ0) is 13.5. The molecule has 0 aliphatic carbocycles. The van der Waals surface area contributed by atoms with Crippen LogP contribution in [-0.4, -0.2) is 18.2 Å². The number of aromatic nitrogens is 1. The summed E-state index contributed by atoms with van der Waals surface area (Å²) in [6.07, 6.45) is 3.93. The lowest BCUT2D eigenvalue weighted by molar-refractivity contribution is 0.0968. The number of nitrogens with zero attached hydrogens (tertiary/aromatic N) is 1. The topological polar surface area (TPSA) is 65.9 Å². The number of pyridine rings is 1. The molecule has 0 bridgehead atoms. The molecule has 2 rings (SSSR count). The second-order valence-corrected chi connectivity index (χ2v) is 4.66. The summed E-state index contributed by atoms with van der Waals surface area (Å²) < 4.78 is 5.07. The van der Waals surface area contributed by atoms with Gasteiger partial charge in [-0.3, -0.25) is 4.79 Å². The first-order chi connectivity index (χ1) is 8.57. The quantitative estimate of drug-likeness (QED) is 0.708. The number of ether oxygens (including phenoxy) is 1. The number of nitriles is 1. The summed E-state index contributed by atoms with van der Waals surface area (Å²) in [5.74, 6) is 0. The number of aromatic amines is 1. The van der Waals surface area contributed by atoms with E-state index >= 15 is 0 Å². The van der Waals surface area contributed by atoms with Crippen LogP contribution in [0.2, 0.25) is 0 Å². The Bertz CT molecular complexity index is 487. The Morgan fingerprint density at radius 2 is 1.83 bits per heavy atom. The molecule has 1 aromatic heterocycles. The van der Waals surface area contributed by atoms with Gasteiger partial charge in [0.05, 0.1) is 10.6 Å². The van der Waals surface area contributed by atoms with Crippen LogP contribution in [0.5, 0.6) is 0 Å². The molecule has 0 radical (unpaired) electrons. The van der Waals surface area contributed by atoms with Crippen molar-refractivity contribution in [2.75, 3.05) is 13.2 Å². The van der Waals surface area contributed by atoms with Crippen molar-refractivity contribution in [3.8, 4) is 6.07 Å². The first-order valence-corrected chi connectivity index (χ1v) is 6.43. The van der Waals surface area contributed by atoms with Gasteiger partial charge in [-0.25, -0.2) is 0 Å². The van der Waals surface area contributed by atoms with Crippen LogP contribution in [0.1, 0.15) is 36.0 Å². The molecule has 0 aromatic carbocycles. The van der Waals surface area contributed by atoms with E-state index in [-0.39, 0.29) is 5.56 Å². The molecule has 18 heavy (non-hydrogen) atoms. The van der Waals surface area contributed by atoms with Crippen LogP contribution < -0.4 is 5.56 Å². The Morgan fingerprint density at radius 1 is 1.22 bits per heavy atom. The third-order valence-electron chi connectivity index (χ3n) is 2.94. The molecule has 1 saturated heterocycles. The Morgan fingerprint density at radius 3 is 2.22 bits per heavy atom. The van der Waals surface area contributed by atoms with Gasteiger partial charge in [-0.05, 0) is 38.7 Å². The smallest absolute Gasteiger partial charge is 0.252 e. The second-order valence-electron chi connectivity index (χ2n) is 4.21. The highest BCUT2D eigenvalue weighted by Crippen LogP contribution is 2.14. The summed E-state index contributed by atoms with van der Waals surface area (Å²) >= 11 is 3.99. The van der Waals surface area contributed by atoms with E-state index in [2.05, 4.69) is 17.6 Å². The number of H-pyrrole nitrogens is 1. The molecule has 1 aliphatic rings. The van der Waals surface area contributed by atoms with E-state index in [0.29, 0.717) is 21.7 Å². The maximum atomic E-state index is 11.1. The summed E-state index contributed by atoms with van der Waals surface area (Å²) in [5.41, 5.74) is 1.53. The molecule has 0 spiro atoms. The van der Waals surface area contributed by atoms with Gasteiger partial charge in [-0.15, -0.1) is 12.6 Å². The first-order valence-electron chi connectivity index (χ1n) is 5.98. The predicted molar refractivity (Wildman–Crippen MR) is 73.2 cm³/mol. The van der Waals surface area contributed by atoms with Gasteiger partial charge in [0.2, 0.25) is 0 Å². The van der Waals surface area contributed by atoms with Crippen LogP contribution in [0, 0.1) is 25.2 Å². The molecule has 1 aromatic rings. The molecule has 5 heteroatoms. The highest BCUT2D eigenvalue weighted by atomic mass is 32.1. The maximum Gasteiger partial charge on any atom is 0.252 e. The van der Waals surface area contributed by atoms with Crippen LogP contribution in [0.15, 0.2) is 9.82 Å². The number of thiol groups is 1. The van der Waals surface area contributed by atoms with E-state index in [1.807, 2.05) is 6.07 Å². The van der Waals surface area contributed by atoms with Crippen LogP contribution in [0.3, 0.4) is 0 Å². The third-order valence-corrected chi connectivity index (χ3v) is 3.27. The fourth-order valence-electron chi connectivity index (χ4n) is 1.62. The van der Waals surface area contributed by atoms with Crippen molar-refractivity contribution < 1.29 is 4.74 Å². The molecule has 4 nitrogen and oxygen atoms in total. The first kappa shape index (κ1) is 14.8. The van der Waals surface area contributed by atoms with Gasteiger partial charge in [0, 0.05) is 18.8 Å². The minimum absolute atomic E-state index is 0.184. The molecule has 98 valence electrons. The fraction of sp³-hybridized carbons (Fsp3) is 0.538. The lowest BCUT2D eigenvalue weighted by atomic mass is 10.1. The lowest BCUT2D eigenvalue weighted by Gasteiger charge is -2.08. The zero-order valence-electron chi connectivity index (χ0n) is 10.7. The van der Waals surface area contributed by atoms with Gasteiger partial charge in [0.1, 0.15) is 6.07 Å². The van der Waals surface area contributed by atoms with Crippen molar-refractivity contribution in [1.29, 1.82) is 5.26 Å². The highest BCUT2D eigenvalue weighted by Gasteiger charge is 2.07. The summed E-state index contributed by atoms with van der Waals surface area (Å²) in [4.78, 5) is 13.6. The van der Waals surface area contributed by atoms with Crippen molar-refractivity contribution in [2.24, 2.45) is 0 Å². The van der Waals surface area contributed by atoms with E-state index in [1.165, 1.54) is 19.3 Å². The van der Waals surface area contributed by atoms with Crippen LogP contribution in [0.25, 0.3) is 0 Å². The van der Waals surface area contributed by atoms with Crippen LogP contribution in [-0.2, 0) is 4.74 Å². The van der Waals surface area contributed by atoms with Crippen molar-refractivity contribution in [3.05, 3.63) is 27.0 Å². The van der Waals surface area contributed by atoms with Crippen molar-refractivity contribution >= 4 is 12.6 Å². The highest BCUT2D eigenvalue weighted by molar-refractivity contribution is 7.80. The minimum atomic E-state index is -0.184. The molecule has 0 saturated carbocycles. The van der Waals surface area contributed by atoms with Gasteiger partial charge in [0.15, 0.2) is 0 Å². The fourth-order valence-corrected chi connectivity index (χ4v) is 1.94. The molecular weight excluding hydrogens is 248 g/mol. The van der Waals surface area contributed by atoms with Crippen molar-refractivity contribution in [2.45, 2.75) is 38.1 Å².